The van der Waals surface area contributed by atoms with Crippen LogP contribution in [0.2, 0.25) is 0 Å². The van der Waals surface area contributed by atoms with Crippen LogP contribution in [0.5, 0.6) is 0 Å². The SMILES string of the molecule is C[C@H](OCc1ccccc1)[C@@H](NC(=O)OCC1c2ccccc2-c2ccccc21)C(=O)N[C@@H]1CCO[C@@H]1C(=O)O. The van der Waals surface area contributed by atoms with Crippen LogP contribution in [0.1, 0.15) is 36.0 Å². The summed E-state index contributed by atoms with van der Waals surface area (Å²) in [6.45, 7) is 2.21. The summed E-state index contributed by atoms with van der Waals surface area (Å²) < 4.78 is 16.9. The second-order valence-electron chi connectivity index (χ2n) is 9.98. The molecule has 9 nitrogen and oxygen atoms in total. The Balaban J connectivity index is 1.27. The molecule has 1 fully saturated rings. The molecule has 4 atom stereocenters. The van der Waals surface area contributed by atoms with Crippen LogP contribution in [0, 0.1) is 0 Å². The summed E-state index contributed by atoms with van der Waals surface area (Å²) in [6.07, 6.45) is -2.32. The molecule has 0 saturated carbocycles. The molecule has 3 N–H and O–H groups in total. The van der Waals surface area contributed by atoms with E-state index in [1.54, 1.807) is 6.92 Å². The highest BCUT2D eigenvalue weighted by Gasteiger charge is 2.38. The summed E-state index contributed by atoms with van der Waals surface area (Å²) in [5, 5.41) is 14.8. The molecule has 0 bridgehead atoms. The first-order valence-corrected chi connectivity index (χ1v) is 13.3. The lowest BCUT2D eigenvalue weighted by molar-refractivity contribution is -0.148. The number of fused-ring (bicyclic) bond motifs is 3. The smallest absolute Gasteiger partial charge is 0.407 e. The third-order valence-corrected chi connectivity index (χ3v) is 7.39. The van der Waals surface area contributed by atoms with Gasteiger partial charge in [-0.15, -0.1) is 0 Å². The fraction of sp³-hybridized carbons (Fsp3) is 0.323. The van der Waals surface area contributed by atoms with Crippen molar-refractivity contribution in [1.29, 1.82) is 0 Å². The number of carbonyl (C=O) groups is 3. The lowest BCUT2D eigenvalue weighted by atomic mass is 9.98. The topological polar surface area (TPSA) is 123 Å². The van der Waals surface area contributed by atoms with Gasteiger partial charge in [-0.3, -0.25) is 4.79 Å². The van der Waals surface area contributed by atoms with E-state index in [2.05, 4.69) is 22.8 Å². The number of alkyl carbamates (subject to hydrolysis) is 1. The minimum atomic E-state index is -1.16. The zero-order valence-corrected chi connectivity index (χ0v) is 22.1. The van der Waals surface area contributed by atoms with Crippen LogP contribution in [-0.4, -0.2) is 60.6 Å². The van der Waals surface area contributed by atoms with Crippen molar-refractivity contribution < 1.29 is 33.7 Å². The lowest BCUT2D eigenvalue weighted by Gasteiger charge is -2.27. The average molecular weight is 545 g/mol. The molecule has 1 aliphatic heterocycles. The van der Waals surface area contributed by atoms with Gasteiger partial charge in [0.1, 0.15) is 12.6 Å². The molecule has 2 amide bonds. The van der Waals surface area contributed by atoms with Crippen molar-refractivity contribution >= 4 is 18.0 Å². The van der Waals surface area contributed by atoms with Gasteiger partial charge in [-0.1, -0.05) is 78.9 Å². The molecule has 3 aromatic rings. The number of ether oxygens (including phenoxy) is 3. The highest BCUT2D eigenvalue weighted by atomic mass is 16.6. The summed E-state index contributed by atoms with van der Waals surface area (Å²) in [5.41, 5.74) is 5.28. The zero-order valence-electron chi connectivity index (χ0n) is 22.1. The van der Waals surface area contributed by atoms with E-state index in [1.165, 1.54) is 0 Å². The normalized spacial score (nSPS) is 19.2. The van der Waals surface area contributed by atoms with Gasteiger partial charge < -0.3 is 30.0 Å². The summed E-state index contributed by atoms with van der Waals surface area (Å²) >= 11 is 0. The minimum Gasteiger partial charge on any atom is -0.479 e. The second kappa shape index (κ2) is 12.3. The molecule has 2 aliphatic rings. The Hall–Kier alpha value is -4.21. The number of hydrogen-bond donors (Lipinski definition) is 3. The Labute approximate surface area is 232 Å². The van der Waals surface area contributed by atoms with Gasteiger partial charge in [-0.25, -0.2) is 9.59 Å². The van der Waals surface area contributed by atoms with E-state index in [0.717, 1.165) is 27.8 Å². The van der Waals surface area contributed by atoms with Crippen LogP contribution >= 0.6 is 0 Å². The Morgan fingerprint density at radius 2 is 1.57 bits per heavy atom. The van der Waals surface area contributed by atoms with Crippen molar-refractivity contribution in [3.05, 3.63) is 95.6 Å². The third kappa shape index (κ3) is 6.00. The van der Waals surface area contributed by atoms with Gasteiger partial charge in [-0.05, 0) is 41.2 Å². The predicted molar refractivity (Wildman–Crippen MR) is 147 cm³/mol. The fourth-order valence-corrected chi connectivity index (χ4v) is 5.31. The molecule has 0 unspecified atom stereocenters. The van der Waals surface area contributed by atoms with Crippen molar-refractivity contribution in [2.45, 2.75) is 50.2 Å². The van der Waals surface area contributed by atoms with Crippen molar-refractivity contribution in [1.82, 2.24) is 10.6 Å². The van der Waals surface area contributed by atoms with E-state index < -0.39 is 42.3 Å². The average Bonchev–Trinajstić information content (AvgIpc) is 3.56. The molecule has 1 heterocycles. The van der Waals surface area contributed by atoms with Crippen LogP contribution < -0.4 is 10.6 Å². The van der Waals surface area contributed by atoms with Crippen LogP contribution in [0.15, 0.2) is 78.9 Å². The summed E-state index contributed by atoms with van der Waals surface area (Å²) in [4.78, 5) is 37.9. The largest absolute Gasteiger partial charge is 0.479 e. The molecule has 1 saturated heterocycles. The van der Waals surface area contributed by atoms with Gasteiger partial charge in [-0.2, -0.15) is 0 Å². The van der Waals surface area contributed by atoms with E-state index in [4.69, 9.17) is 14.2 Å². The first-order valence-electron chi connectivity index (χ1n) is 13.3. The van der Waals surface area contributed by atoms with E-state index in [1.807, 2.05) is 66.7 Å². The number of aliphatic carboxylic acids is 1. The molecule has 1 aliphatic carbocycles. The summed E-state index contributed by atoms with van der Waals surface area (Å²) in [5.74, 6) is -1.86. The molecule has 5 rings (SSSR count). The van der Waals surface area contributed by atoms with Crippen molar-refractivity contribution in [2.24, 2.45) is 0 Å². The maximum absolute atomic E-state index is 13.3. The first-order chi connectivity index (χ1) is 19.4. The molecule has 0 radical (unpaired) electrons. The molecule has 40 heavy (non-hydrogen) atoms. The monoisotopic (exact) mass is 544 g/mol. The van der Waals surface area contributed by atoms with Crippen molar-refractivity contribution in [2.75, 3.05) is 13.2 Å². The quantitative estimate of drug-likeness (QED) is 0.354. The molecule has 9 heteroatoms. The predicted octanol–water partition coefficient (Wildman–Crippen LogP) is 3.86. The van der Waals surface area contributed by atoms with Crippen molar-refractivity contribution in [3.63, 3.8) is 0 Å². The second-order valence-corrected chi connectivity index (χ2v) is 9.98. The molecule has 208 valence electrons. The van der Waals surface area contributed by atoms with Gasteiger partial charge in [0, 0.05) is 12.5 Å². The molecule has 0 spiro atoms. The van der Waals surface area contributed by atoms with Gasteiger partial charge in [0.25, 0.3) is 0 Å². The number of hydrogen-bond acceptors (Lipinski definition) is 6. The molecule has 3 aromatic carbocycles. The Morgan fingerprint density at radius 1 is 0.950 bits per heavy atom. The summed E-state index contributed by atoms with van der Waals surface area (Å²) in [6, 6.07) is 23.6. The van der Waals surface area contributed by atoms with Crippen LogP contribution in [0.4, 0.5) is 4.79 Å². The number of benzene rings is 3. The van der Waals surface area contributed by atoms with E-state index in [-0.39, 0.29) is 25.7 Å². The Kier molecular flexibility index (Phi) is 8.42. The molecule has 0 aromatic heterocycles. The Bertz CT molecular complexity index is 1320. The number of carboxylic acid groups (broad SMARTS) is 1. The number of carbonyl (C=O) groups excluding carboxylic acids is 2. The number of nitrogens with one attached hydrogen (secondary N) is 2. The fourth-order valence-electron chi connectivity index (χ4n) is 5.31. The van der Waals surface area contributed by atoms with Crippen LogP contribution in [0.25, 0.3) is 11.1 Å². The van der Waals surface area contributed by atoms with Gasteiger partial charge in [0.15, 0.2) is 6.10 Å². The molecular formula is C31H32N2O7. The number of rotatable bonds is 10. The minimum absolute atomic E-state index is 0.0883. The maximum Gasteiger partial charge on any atom is 0.407 e. The number of amides is 2. The van der Waals surface area contributed by atoms with E-state index in [9.17, 15) is 19.5 Å². The maximum atomic E-state index is 13.3. The summed E-state index contributed by atoms with van der Waals surface area (Å²) in [7, 11) is 0. The van der Waals surface area contributed by atoms with Gasteiger partial charge >= 0.3 is 12.1 Å². The standard InChI is InChI=1S/C31H32N2O7/c1-19(39-17-20-9-3-2-4-10-20)27(29(34)32-26-15-16-38-28(26)30(35)36)33-31(37)40-18-25-23-13-7-5-11-21(23)22-12-6-8-14-24(22)25/h2-14,19,25-28H,15-18H2,1H3,(H,32,34)(H,33,37)(H,35,36)/t19-,26+,27+,28-/m0/s1. The third-order valence-electron chi connectivity index (χ3n) is 7.39. The highest BCUT2D eigenvalue weighted by molar-refractivity contribution is 5.87. The zero-order chi connectivity index (χ0) is 28.1. The Morgan fingerprint density at radius 3 is 2.23 bits per heavy atom. The first kappa shape index (κ1) is 27.4. The van der Waals surface area contributed by atoms with Gasteiger partial charge in [0.05, 0.1) is 18.8 Å². The van der Waals surface area contributed by atoms with E-state index in [0.29, 0.717) is 6.42 Å². The van der Waals surface area contributed by atoms with E-state index >= 15 is 0 Å². The highest BCUT2D eigenvalue weighted by Crippen LogP contribution is 2.44. The van der Waals surface area contributed by atoms with Crippen LogP contribution in [-0.2, 0) is 30.4 Å². The number of carboxylic acids is 1. The van der Waals surface area contributed by atoms with Gasteiger partial charge in [0.2, 0.25) is 5.91 Å². The lowest BCUT2D eigenvalue weighted by Crippen LogP contribution is -2.56. The van der Waals surface area contributed by atoms with Crippen molar-refractivity contribution in [3.8, 4) is 11.1 Å². The molecular weight excluding hydrogens is 512 g/mol. The van der Waals surface area contributed by atoms with Crippen LogP contribution in [0.3, 0.4) is 0 Å².